The Morgan fingerprint density at radius 2 is 1.56 bits per heavy atom. The van der Waals surface area contributed by atoms with Crippen LogP contribution in [0.4, 0.5) is 11.4 Å². The zero-order valence-corrected chi connectivity index (χ0v) is 20.3. The topological polar surface area (TPSA) is 111 Å². The molecule has 0 atom stereocenters. The maximum Gasteiger partial charge on any atom is 0.272 e. The van der Waals surface area contributed by atoms with Crippen molar-refractivity contribution in [3.8, 4) is 0 Å². The van der Waals surface area contributed by atoms with Gasteiger partial charge < -0.3 is 26.0 Å². The number of benzene rings is 3. The molecule has 0 saturated carbocycles. The van der Waals surface area contributed by atoms with Crippen molar-refractivity contribution in [1.82, 2.24) is 10.6 Å². The van der Waals surface area contributed by atoms with Crippen LogP contribution < -0.4 is 20.9 Å². The van der Waals surface area contributed by atoms with E-state index in [1.807, 2.05) is 43.3 Å². The van der Waals surface area contributed by atoms with E-state index in [4.69, 9.17) is 5.11 Å². The van der Waals surface area contributed by atoms with E-state index < -0.39 is 11.8 Å². The number of anilines is 2. The normalized spacial score (nSPS) is 10.9. The lowest BCUT2D eigenvalue weighted by Gasteiger charge is -2.14. The lowest BCUT2D eigenvalue weighted by atomic mass is 10.1. The monoisotopic (exact) mass is 486 g/mol. The molecule has 186 valence electrons. The Kier molecular flexibility index (Phi) is 9.36. The van der Waals surface area contributed by atoms with Crippen molar-refractivity contribution in [3.05, 3.63) is 101 Å². The second-order valence-electron chi connectivity index (χ2n) is 8.23. The van der Waals surface area contributed by atoms with Crippen LogP contribution in [0.1, 0.15) is 32.7 Å². The van der Waals surface area contributed by atoms with Crippen molar-refractivity contribution >= 4 is 35.2 Å². The SMILES string of the molecule is CN(C)c1ccc(/C=C(\NC(=O)c2ccccc2)C(=O)Nc2cccc(C(=O)NCCCO)c2)cc1. The summed E-state index contributed by atoms with van der Waals surface area (Å²) in [5.74, 6) is -1.26. The van der Waals surface area contributed by atoms with E-state index >= 15 is 0 Å². The summed E-state index contributed by atoms with van der Waals surface area (Å²) in [6.45, 7) is 0.328. The zero-order chi connectivity index (χ0) is 25.9. The molecule has 8 heteroatoms. The third kappa shape index (κ3) is 7.54. The molecular formula is C28H30N4O4. The molecule has 8 nitrogen and oxygen atoms in total. The van der Waals surface area contributed by atoms with Crippen LogP contribution in [0.2, 0.25) is 0 Å². The predicted molar refractivity (Wildman–Crippen MR) is 142 cm³/mol. The van der Waals surface area contributed by atoms with Crippen LogP contribution in [-0.2, 0) is 4.79 Å². The minimum atomic E-state index is -0.534. The standard InChI is InChI=1S/C28H30N4O4/c1-32(2)24-14-12-20(13-15-24)18-25(31-27(35)21-8-4-3-5-9-21)28(36)30-23-11-6-10-22(19-23)26(34)29-16-7-17-33/h3-6,8-15,18-19,33H,7,16-17H2,1-2H3,(H,29,34)(H,30,36)(H,31,35)/b25-18-. The molecule has 3 aromatic carbocycles. The molecule has 3 amide bonds. The number of aliphatic hydroxyl groups excluding tert-OH is 1. The van der Waals surface area contributed by atoms with Gasteiger partial charge in [-0.05, 0) is 60.5 Å². The first-order valence-corrected chi connectivity index (χ1v) is 11.5. The van der Waals surface area contributed by atoms with Gasteiger partial charge in [-0.25, -0.2) is 0 Å². The summed E-state index contributed by atoms with van der Waals surface area (Å²) >= 11 is 0. The number of hydrogen-bond donors (Lipinski definition) is 4. The van der Waals surface area contributed by atoms with Gasteiger partial charge in [-0.1, -0.05) is 36.4 Å². The van der Waals surface area contributed by atoms with Crippen LogP contribution in [0.5, 0.6) is 0 Å². The Balaban J connectivity index is 1.83. The van der Waals surface area contributed by atoms with Crippen molar-refractivity contribution in [2.45, 2.75) is 6.42 Å². The van der Waals surface area contributed by atoms with Gasteiger partial charge in [0.05, 0.1) is 0 Å². The molecule has 36 heavy (non-hydrogen) atoms. The number of nitrogens with zero attached hydrogens (tertiary/aromatic N) is 1. The van der Waals surface area contributed by atoms with Gasteiger partial charge >= 0.3 is 0 Å². The number of carbonyl (C=O) groups is 3. The van der Waals surface area contributed by atoms with E-state index in [0.717, 1.165) is 11.3 Å². The fraction of sp³-hybridized carbons (Fsp3) is 0.179. The Morgan fingerprint density at radius 3 is 2.22 bits per heavy atom. The molecule has 0 radical (unpaired) electrons. The van der Waals surface area contributed by atoms with E-state index in [9.17, 15) is 14.4 Å². The molecule has 3 aromatic rings. The van der Waals surface area contributed by atoms with Crippen LogP contribution in [0, 0.1) is 0 Å². The van der Waals surface area contributed by atoms with E-state index in [0.29, 0.717) is 29.8 Å². The number of amides is 3. The Hall–Kier alpha value is -4.43. The fourth-order valence-corrected chi connectivity index (χ4v) is 3.30. The van der Waals surface area contributed by atoms with Crippen molar-refractivity contribution in [2.75, 3.05) is 37.5 Å². The molecule has 0 aliphatic rings. The highest BCUT2D eigenvalue weighted by Crippen LogP contribution is 2.16. The lowest BCUT2D eigenvalue weighted by Crippen LogP contribution is -2.31. The molecule has 0 spiro atoms. The van der Waals surface area contributed by atoms with Gasteiger partial charge in [0.1, 0.15) is 5.70 Å². The van der Waals surface area contributed by atoms with Crippen LogP contribution >= 0.6 is 0 Å². The quantitative estimate of drug-likeness (QED) is 0.260. The lowest BCUT2D eigenvalue weighted by molar-refractivity contribution is -0.113. The molecule has 0 saturated heterocycles. The van der Waals surface area contributed by atoms with Crippen molar-refractivity contribution < 1.29 is 19.5 Å². The highest BCUT2D eigenvalue weighted by Gasteiger charge is 2.16. The van der Waals surface area contributed by atoms with E-state index in [-0.39, 0.29) is 18.2 Å². The highest BCUT2D eigenvalue weighted by molar-refractivity contribution is 6.11. The van der Waals surface area contributed by atoms with Gasteiger partial charge in [0, 0.05) is 49.7 Å². The molecule has 0 aliphatic carbocycles. The van der Waals surface area contributed by atoms with E-state index in [2.05, 4.69) is 16.0 Å². The third-order valence-electron chi connectivity index (χ3n) is 5.25. The summed E-state index contributed by atoms with van der Waals surface area (Å²) in [5, 5.41) is 17.1. The number of aliphatic hydroxyl groups is 1. The molecular weight excluding hydrogens is 456 g/mol. The zero-order valence-electron chi connectivity index (χ0n) is 20.3. The second kappa shape index (κ2) is 12.9. The van der Waals surface area contributed by atoms with Gasteiger partial charge in [-0.2, -0.15) is 0 Å². The average Bonchev–Trinajstić information content (AvgIpc) is 2.89. The summed E-state index contributed by atoms with van der Waals surface area (Å²) in [6, 6.07) is 22.7. The molecule has 0 aliphatic heterocycles. The minimum Gasteiger partial charge on any atom is -0.396 e. The molecule has 0 unspecified atom stereocenters. The summed E-state index contributed by atoms with van der Waals surface area (Å²) in [7, 11) is 3.87. The summed E-state index contributed by atoms with van der Waals surface area (Å²) in [6.07, 6.45) is 2.05. The largest absolute Gasteiger partial charge is 0.396 e. The molecule has 0 heterocycles. The number of hydrogen-bond acceptors (Lipinski definition) is 5. The maximum absolute atomic E-state index is 13.2. The van der Waals surface area contributed by atoms with Crippen molar-refractivity contribution in [2.24, 2.45) is 0 Å². The third-order valence-corrected chi connectivity index (χ3v) is 5.25. The van der Waals surface area contributed by atoms with Crippen molar-refractivity contribution in [1.29, 1.82) is 0 Å². The number of rotatable bonds is 10. The fourth-order valence-electron chi connectivity index (χ4n) is 3.30. The van der Waals surface area contributed by atoms with Gasteiger partial charge in [-0.15, -0.1) is 0 Å². The van der Waals surface area contributed by atoms with Crippen LogP contribution in [0.25, 0.3) is 6.08 Å². The first-order valence-electron chi connectivity index (χ1n) is 11.5. The van der Waals surface area contributed by atoms with Crippen molar-refractivity contribution in [3.63, 3.8) is 0 Å². The summed E-state index contributed by atoms with van der Waals surface area (Å²) in [5.41, 5.74) is 2.97. The van der Waals surface area contributed by atoms with Gasteiger partial charge in [0.25, 0.3) is 17.7 Å². The number of nitrogens with one attached hydrogen (secondary N) is 3. The summed E-state index contributed by atoms with van der Waals surface area (Å²) in [4.78, 5) is 40.3. The Morgan fingerprint density at radius 1 is 0.861 bits per heavy atom. The van der Waals surface area contributed by atoms with Crippen LogP contribution in [-0.4, -0.2) is 50.1 Å². The predicted octanol–water partition coefficient (Wildman–Crippen LogP) is 3.27. The Labute approximate surface area is 210 Å². The van der Waals surface area contributed by atoms with Gasteiger partial charge in [0.2, 0.25) is 0 Å². The van der Waals surface area contributed by atoms with Crippen LogP contribution in [0.15, 0.2) is 84.6 Å². The molecule has 0 fully saturated rings. The highest BCUT2D eigenvalue weighted by atomic mass is 16.3. The van der Waals surface area contributed by atoms with Gasteiger partial charge in [0.15, 0.2) is 0 Å². The Bertz CT molecular complexity index is 1220. The van der Waals surface area contributed by atoms with E-state index in [1.54, 1.807) is 60.7 Å². The molecule has 4 N–H and O–H groups in total. The van der Waals surface area contributed by atoms with Gasteiger partial charge in [-0.3, -0.25) is 14.4 Å². The average molecular weight is 487 g/mol. The molecule has 0 bridgehead atoms. The second-order valence-corrected chi connectivity index (χ2v) is 8.23. The first kappa shape index (κ1) is 26.2. The number of carbonyl (C=O) groups excluding carboxylic acids is 3. The minimum absolute atomic E-state index is 0.0158. The van der Waals surface area contributed by atoms with E-state index in [1.165, 1.54) is 0 Å². The first-order chi connectivity index (χ1) is 17.4. The molecule has 3 rings (SSSR count). The maximum atomic E-state index is 13.2. The molecule has 0 aromatic heterocycles. The summed E-state index contributed by atoms with van der Waals surface area (Å²) < 4.78 is 0. The van der Waals surface area contributed by atoms with Crippen LogP contribution in [0.3, 0.4) is 0 Å². The smallest absolute Gasteiger partial charge is 0.272 e.